The molecule has 1 aliphatic rings. The third-order valence-corrected chi connectivity index (χ3v) is 5.65. The van der Waals surface area contributed by atoms with Crippen molar-refractivity contribution in [2.45, 2.75) is 19.9 Å². The lowest BCUT2D eigenvalue weighted by molar-refractivity contribution is 0.0955. The van der Waals surface area contributed by atoms with Gasteiger partial charge < -0.3 is 10.2 Å². The van der Waals surface area contributed by atoms with E-state index >= 15 is 0 Å². The molecule has 3 nitrogen and oxygen atoms in total. The first-order chi connectivity index (χ1) is 12.2. The van der Waals surface area contributed by atoms with Crippen molar-refractivity contribution in [3.05, 3.63) is 82.2 Å². The number of nitrogens with zero attached hydrogens (tertiary/aromatic N) is 1. The molecule has 126 valence electrons. The molecule has 0 atom stereocenters. The molecule has 1 aliphatic heterocycles. The van der Waals surface area contributed by atoms with E-state index in [1.807, 2.05) is 12.1 Å². The van der Waals surface area contributed by atoms with Crippen LogP contribution in [-0.2, 0) is 13.0 Å². The quantitative estimate of drug-likeness (QED) is 0.742. The highest BCUT2D eigenvalue weighted by molar-refractivity contribution is 7.18. The van der Waals surface area contributed by atoms with Crippen molar-refractivity contribution in [2.75, 3.05) is 11.4 Å². The van der Waals surface area contributed by atoms with Gasteiger partial charge >= 0.3 is 0 Å². The number of aryl methyl sites for hydroxylation is 1. The minimum absolute atomic E-state index is 0.00990. The molecule has 0 radical (unpaired) electrons. The molecular formula is C21H20N2OS. The molecule has 3 aromatic rings. The summed E-state index contributed by atoms with van der Waals surface area (Å²) in [7, 11) is 0. The zero-order valence-electron chi connectivity index (χ0n) is 14.2. The highest BCUT2D eigenvalue weighted by atomic mass is 32.1. The zero-order valence-corrected chi connectivity index (χ0v) is 15.0. The van der Waals surface area contributed by atoms with Gasteiger partial charge in [-0.15, -0.1) is 11.3 Å². The van der Waals surface area contributed by atoms with E-state index in [4.69, 9.17) is 0 Å². The highest BCUT2D eigenvalue weighted by Gasteiger charge is 2.22. The van der Waals surface area contributed by atoms with E-state index in [1.165, 1.54) is 16.8 Å². The highest BCUT2D eigenvalue weighted by Crippen LogP contribution is 2.38. The minimum atomic E-state index is -0.00990. The van der Waals surface area contributed by atoms with Gasteiger partial charge in [-0.3, -0.25) is 4.79 Å². The van der Waals surface area contributed by atoms with Crippen LogP contribution in [0.5, 0.6) is 0 Å². The summed E-state index contributed by atoms with van der Waals surface area (Å²) in [6.07, 6.45) is 1.06. The van der Waals surface area contributed by atoms with Crippen LogP contribution < -0.4 is 10.2 Å². The van der Waals surface area contributed by atoms with Crippen molar-refractivity contribution >= 4 is 27.9 Å². The van der Waals surface area contributed by atoms with Gasteiger partial charge in [0.25, 0.3) is 5.91 Å². The summed E-state index contributed by atoms with van der Waals surface area (Å²) in [5.74, 6) is -0.00990. The van der Waals surface area contributed by atoms with Gasteiger partial charge in [0.05, 0.1) is 9.88 Å². The van der Waals surface area contributed by atoms with E-state index in [2.05, 4.69) is 65.7 Å². The number of hydrogen-bond acceptors (Lipinski definition) is 3. The fourth-order valence-electron chi connectivity index (χ4n) is 3.14. The third kappa shape index (κ3) is 3.30. The van der Waals surface area contributed by atoms with Crippen LogP contribution in [0.4, 0.5) is 10.7 Å². The summed E-state index contributed by atoms with van der Waals surface area (Å²) in [6, 6.07) is 20.7. The van der Waals surface area contributed by atoms with E-state index in [-0.39, 0.29) is 5.91 Å². The van der Waals surface area contributed by atoms with Gasteiger partial charge in [-0.05, 0) is 42.7 Å². The topological polar surface area (TPSA) is 32.3 Å². The monoisotopic (exact) mass is 348 g/mol. The maximum atomic E-state index is 12.4. The molecule has 0 fully saturated rings. The molecule has 25 heavy (non-hydrogen) atoms. The van der Waals surface area contributed by atoms with Crippen LogP contribution in [0.2, 0.25) is 0 Å². The Bertz CT molecular complexity index is 898. The SMILES string of the molecule is Cc1ccc(CNC(=O)c2ccc(N3CCc4ccccc43)s2)cc1. The largest absolute Gasteiger partial charge is 0.347 e. The molecule has 1 N–H and O–H groups in total. The van der Waals surface area contributed by atoms with Gasteiger partial charge in [-0.25, -0.2) is 0 Å². The zero-order chi connectivity index (χ0) is 17.2. The summed E-state index contributed by atoms with van der Waals surface area (Å²) >= 11 is 1.55. The molecule has 0 aliphatic carbocycles. The van der Waals surface area contributed by atoms with Gasteiger partial charge in [0.1, 0.15) is 0 Å². The number of benzene rings is 2. The summed E-state index contributed by atoms with van der Waals surface area (Å²) in [5, 5.41) is 4.14. The van der Waals surface area contributed by atoms with Gasteiger partial charge in [-0.2, -0.15) is 0 Å². The number of anilines is 2. The number of amides is 1. The molecule has 1 amide bonds. The van der Waals surface area contributed by atoms with Crippen LogP contribution in [0.3, 0.4) is 0 Å². The second-order valence-electron chi connectivity index (χ2n) is 6.34. The van der Waals surface area contributed by atoms with E-state index < -0.39 is 0 Å². The molecule has 4 heteroatoms. The van der Waals surface area contributed by atoms with Crippen molar-refractivity contribution in [3.8, 4) is 0 Å². The first-order valence-electron chi connectivity index (χ1n) is 8.50. The van der Waals surface area contributed by atoms with Crippen molar-refractivity contribution < 1.29 is 4.79 Å². The fourth-order valence-corrected chi connectivity index (χ4v) is 4.10. The number of fused-ring (bicyclic) bond motifs is 1. The summed E-state index contributed by atoms with van der Waals surface area (Å²) < 4.78 is 0. The Morgan fingerprint density at radius 2 is 1.88 bits per heavy atom. The van der Waals surface area contributed by atoms with Crippen molar-refractivity contribution in [2.24, 2.45) is 0 Å². The molecule has 0 spiro atoms. The van der Waals surface area contributed by atoms with Gasteiger partial charge in [0.15, 0.2) is 0 Å². The van der Waals surface area contributed by atoms with Crippen molar-refractivity contribution in [1.82, 2.24) is 5.32 Å². The van der Waals surface area contributed by atoms with Gasteiger partial charge in [0.2, 0.25) is 0 Å². The molecule has 0 saturated carbocycles. The number of carbonyl (C=O) groups is 1. The van der Waals surface area contributed by atoms with Gasteiger partial charge in [0, 0.05) is 18.8 Å². The summed E-state index contributed by atoms with van der Waals surface area (Å²) in [5.41, 5.74) is 4.98. The maximum absolute atomic E-state index is 12.4. The number of carbonyl (C=O) groups excluding carboxylic acids is 1. The lowest BCUT2D eigenvalue weighted by Crippen LogP contribution is -2.21. The standard InChI is InChI=1S/C21H20N2OS/c1-15-6-8-16(9-7-15)14-22-21(24)19-10-11-20(25-19)23-13-12-17-4-2-3-5-18(17)23/h2-11H,12-14H2,1H3,(H,22,24). The molecule has 0 unspecified atom stereocenters. The van der Waals surface area contributed by atoms with Crippen molar-refractivity contribution in [3.63, 3.8) is 0 Å². The number of rotatable bonds is 4. The first kappa shape index (κ1) is 15.9. The third-order valence-electron chi connectivity index (χ3n) is 4.54. The molecular weight excluding hydrogens is 328 g/mol. The van der Waals surface area contributed by atoms with E-state index in [1.54, 1.807) is 11.3 Å². The van der Waals surface area contributed by atoms with Crippen molar-refractivity contribution in [1.29, 1.82) is 0 Å². The second kappa shape index (κ2) is 6.73. The molecule has 0 saturated heterocycles. The lowest BCUT2D eigenvalue weighted by Gasteiger charge is -2.16. The number of hydrogen-bond donors (Lipinski definition) is 1. The summed E-state index contributed by atoms with van der Waals surface area (Å²) in [4.78, 5) is 15.5. The lowest BCUT2D eigenvalue weighted by atomic mass is 10.1. The number of para-hydroxylation sites is 1. The maximum Gasteiger partial charge on any atom is 0.261 e. The van der Waals surface area contributed by atoms with Crippen LogP contribution in [-0.4, -0.2) is 12.5 Å². The Labute approximate surface area is 151 Å². The molecule has 0 bridgehead atoms. The van der Waals surface area contributed by atoms with Crippen LogP contribution in [0.15, 0.2) is 60.7 Å². The molecule has 4 rings (SSSR count). The summed E-state index contributed by atoms with van der Waals surface area (Å²) in [6.45, 7) is 3.59. The normalized spacial score (nSPS) is 12.9. The Hall–Kier alpha value is -2.59. The smallest absolute Gasteiger partial charge is 0.261 e. The molecule has 2 heterocycles. The van der Waals surface area contributed by atoms with Crippen LogP contribution >= 0.6 is 11.3 Å². The van der Waals surface area contributed by atoms with E-state index in [9.17, 15) is 4.79 Å². The predicted octanol–water partition coefficient (Wildman–Crippen LogP) is 4.68. The van der Waals surface area contributed by atoms with E-state index in [0.717, 1.165) is 28.4 Å². The van der Waals surface area contributed by atoms with E-state index in [0.29, 0.717) is 6.54 Å². The molecule has 1 aromatic heterocycles. The average molecular weight is 348 g/mol. The number of nitrogens with one attached hydrogen (secondary N) is 1. The predicted molar refractivity (Wildman–Crippen MR) is 104 cm³/mol. The van der Waals surface area contributed by atoms with Crippen LogP contribution in [0.1, 0.15) is 26.4 Å². The molecule has 2 aromatic carbocycles. The average Bonchev–Trinajstić information content (AvgIpc) is 3.27. The fraction of sp³-hybridized carbons (Fsp3) is 0.190. The Balaban J connectivity index is 1.44. The first-order valence-corrected chi connectivity index (χ1v) is 9.31. The Morgan fingerprint density at radius 1 is 1.08 bits per heavy atom. The Morgan fingerprint density at radius 3 is 2.72 bits per heavy atom. The van der Waals surface area contributed by atoms with Crippen LogP contribution in [0.25, 0.3) is 0 Å². The second-order valence-corrected chi connectivity index (χ2v) is 7.40. The number of thiophene rings is 1. The van der Waals surface area contributed by atoms with Crippen LogP contribution in [0, 0.1) is 6.92 Å². The minimum Gasteiger partial charge on any atom is -0.347 e. The Kier molecular flexibility index (Phi) is 4.28. The van der Waals surface area contributed by atoms with Gasteiger partial charge in [-0.1, -0.05) is 48.0 Å².